The number of carbonyl (C=O) groups excluding carboxylic acids is 1. The van der Waals surface area contributed by atoms with Crippen molar-refractivity contribution in [2.24, 2.45) is 0 Å². The first-order chi connectivity index (χ1) is 23.8. The first-order valence-corrected chi connectivity index (χ1v) is 17.2. The van der Waals surface area contributed by atoms with Crippen LogP contribution in [0.4, 0.5) is 10.2 Å². The van der Waals surface area contributed by atoms with Gasteiger partial charge in [-0.3, -0.25) is 4.40 Å². The standard InChI is InChI=1S/C41H50FN3O5/c1-10-13-28(4)49-34-17-16-31(42)25-32(34)29-14-12-15-30(24-29)33-26-45-35(43-33)23-27(3)36(37(39(46)47-9)50-40(5,6)7)38(45)44-20-18-41(8,19-21-44)48-22-11-2/h10-12,14-17,23-26,28,37H,1-2,13,18-22H2,3-9H3/t28-,37?/m0/s1. The number of pyridine rings is 1. The first-order valence-electron chi connectivity index (χ1n) is 17.2. The number of benzene rings is 2. The third kappa shape index (κ3) is 8.28. The number of aromatic nitrogens is 2. The Morgan fingerprint density at radius 3 is 2.46 bits per heavy atom. The fourth-order valence-corrected chi connectivity index (χ4v) is 6.49. The molecule has 0 spiro atoms. The van der Waals surface area contributed by atoms with Crippen molar-refractivity contribution in [3.05, 3.63) is 97.0 Å². The number of carbonyl (C=O) groups is 1. The van der Waals surface area contributed by atoms with Crippen LogP contribution in [0.25, 0.3) is 28.0 Å². The Morgan fingerprint density at radius 2 is 1.80 bits per heavy atom. The number of hydrogen-bond acceptors (Lipinski definition) is 7. The number of esters is 1. The molecule has 5 rings (SSSR count). The Labute approximate surface area is 295 Å². The summed E-state index contributed by atoms with van der Waals surface area (Å²) in [6.45, 7) is 21.4. The summed E-state index contributed by atoms with van der Waals surface area (Å²) in [4.78, 5) is 20.8. The highest BCUT2D eigenvalue weighted by atomic mass is 19.1. The molecular formula is C41H50FN3O5. The molecule has 0 N–H and O–H groups in total. The quantitative estimate of drug-likeness (QED) is 0.103. The smallest absolute Gasteiger partial charge is 0.339 e. The lowest BCUT2D eigenvalue weighted by atomic mass is 9.92. The highest BCUT2D eigenvalue weighted by Crippen LogP contribution is 2.40. The topological polar surface area (TPSA) is 74.5 Å². The molecule has 0 saturated carbocycles. The average Bonchev–Trinajstić information content (AvgIpc) is 3.50. The van der Waals surface area contributed by atoms with E-state index in [2.05, 4.69) is 25.0 Å². The molecule has 2 aromatic heterocycles. The zero-order valence-electron chi connectivity index (χ0n) is 30.4. The Morgan fingerprint density at radius 1 is 1.08 bits per heavy atom. The minimum Gasteiger partial charge on any atom is -0.490 e. The van der Waals surface area contributed by atoms with Gasteiger partial charge in [-0.2, -0.15) is 0 Å². The largest absolute Gasteiger partial charge is 0.490 e. The third-order valence-electron chi connectivity index (χ3n) is 9.03. The molecule has 1 aliphatic rings. The van der Waals surface area contributed by atoms with Gasteiger partial charge in [0.15, 0.2) is 6.10 Å². The molecule has 0 bridgehead atoms. The number of imidazole rings is 1. The van der Waals surface area contributed by atoms with Crippen molar-refractivity contribution < 1.29 is 28.1 Å². The number of ether oxygens (including phenoxy) is 4. The average molecular weight is 684 g/mol. The van der Waals surface area contributed by atoms with Crippen LogP contribution >= 0.6 is 0 Å². The lowest BCUT2D eigenvalue weighted by Crippen LogP contribution is -2.45. The maximum Gasteiger partial charge on any atom is 0.339 e. The van der Waals surface area contributed by atoms with Crippen LogP contribution in [0.3, 0.4) is 0 Å². The van der Waals surface area contributed by atoms with E-state index in [1.54, 1.807) is 18.2 Å². The van der Waals surface area contributed by atoms with E-state index in [4.69, 9.17) is 23.9 Å². The van der Waals surface area contributed by atoms with Crippen LogP contribution in [0.15, 0.2) is 80.0 Å². The molecule has 4 aromatic rings. The molecule has 0 radical (unpaired) electrons. The van der Waals surface area contributed by atoms with Gasteiger partial charge in [0.25, 0.3) is 0 Å². The molecule has 1 aliphatic heterocycles. The third-order valence-corrected chi connectivity index (χ3v) is 9.03. The van der Waals surface area contributed by atoms with Crippen LogP contribution in [0.1, 0.15) is 71.1 Å². The molecule has 266 valence electrons. The summed E-state index contributed by atoms with van der Waals surface area (Å²) in [5, 5.41) is 0. The Hall–Kier alpha value is -4.47. The van der Waals surface area contributed by atoms with Gasteiger partial charge < -0.3 is 23.8 Å². The molecule has 1 unspecified atom stereocenters. The van der Waals surface area contributed by atoms with Gasteiger partial charge in [0.1, 0.15) is 23.0 Å². The lowest BCUT2D eigenvalue weighted by molar-refractivity contribution is -0.164. The second kappa shape index (κ2) is 15.2. The van der Waals surface area contributed by atoms with Crippen molar-refractivity contribution in [3.63, 3.8) is 0 Å². The van der Waals surface area contributed by atoms with Crippen molar-refractivity contribution in [3.8, 4) is 28.1 Å². The van der Waals surface area contributed by atoms with Gasteiger partial charge in [0.05, 0.1) is 36.7 Å². The van der Waals surface area contributed by atoms with Gasteiger partial charge >= 0.3 is 5.97 Å². The van der Waals surface area contributed by atoms with Crippen molar-refractivity contribution >= 4 is 17.4 Å². The summed E-state index contributed by atoms with van der Waals surface area (Å²) < 4.78 is 40.7. The molecule has 0 amide bonds. The number of piperidine rings is 1. The molecule has 50 heavy (non-hydrogen) atoms. The molecule has 3 heterocycles. The van der Waals surface area contributed by atoms with Gasteiger partial charge in [-0.1, -0.05) is 30.4 Å². The summed E-state index contributed by atoms with van der Waals surface area (Å²) in [6.07, 6.45) is 6.73. The van der Waals surface area contributed by atoms with E-state index in [-0.39, 0.29) is 17.5 Å². The van der Waals surface area contributed by atoms with E-state index in [1.165, 1.54) is 19.2 Å². The predicted molar refractivity (Wildman–Crippen MR) is 197 cm³/mol. The van der Waals surface area contributed by atoms with Crippen LogP contribution in [-0.4, -0.2) is 59.5 Å². The highest BCUT2D eigenvalue weighted by Gasteiger charge is 2.37. The van der Waals surface area contributed by atoms with E-state index in [9.17, 15) is 9.18 Å². The number of nitrogens with zero attached hydrogens (tertiary/aromatic N) is 3. The number of halogens is 1. The van der Waals surface area contributed by atoms with Crippen LogP contribution in [0.5, 0.6) is 5.75 Å². The van der Waals surface area contributed by atoms with Gasteiger partial charge in [0.2, 0.25) is 0 Å². The van der Waals surface area contributed by atoms with Gasteiger partial charge in [0, 0.05) is 42.4 Å². The molecule has 1 saturated heterocycles. The van der Waals surface area contributed by atoms with E-state index in [1.807, 2.05) is 75.5 Å². The monoisotopic (exact) mass is 683 g/mol. The predicted octanol–water partition coefficient (Wildman–Crippen LogP) is 9.05. The van der Waals surface area contributed by atoms with Gasteiger partial charge in [-0.15, -0.1) is 13.2 Å². The van der Waals surface area contributed by atoms with E-state index in [0.717, 1.165) is 52.3 Å². The number of anilines is 1. The number of fused-ring (bicyclic) bond motifs is 1. The lowest BCUT2D eigenvalue weighted by Gasteiger charge is -2.41. The maximum atomic E-state index is 14.6. The minimum atomic E-state index is -0.964. The zero-order chi connectivity index (χ0) is 36.2. The van der Waals surface area contributed by atoms with Gasteiger partial charge in [-0.05, 0) is 95.8 Å². The van der Waals surface area contributed by atoms with Crippen molar-refractivity contribution in [2.75, 3.05) is 31.7 Å². The van der Waals surface area contributed by atoms with E-state index < -0.39 is 17.7 Å². The molecule has 8 nitrogen and oxygen atoms in total. The normalized spacial score (nSPS) is 15.8. The molecule has 1 fully saturated rings. The molecular weight excluding hydrogens is 633 g/mol. The summed E-state index contributed by atoms with van der Waals surface area (Å²) in [7, 11) is 1.38. The Balaban J connectivity index is 1.64. The fourth-order valence-electron chi connectivity index (χ4n) is 6.49. The van der Waals surface area contributed by atoms with Crippen LogP contribution in [-0.2, 0) is 19.0 Å². The highest BCUT2D eigenvalue weighted by molar-refractivity contribution is 5.81. The molecule has 9 heteroatoms. The molecule has 0 aliphatic carbocycles. The zero-order valence-corrected chi connectivity index (χ0v) is 30.4. The number of aryl methyl sites for hydroxylation is 1. The van der Waals surface area contributed by atoms with Crippen LogP contribution in [0.2, 0.25) is 0 Å². The molecule has 2 aromatic carbocycles. The van der Waals surface area contributed by atoms with Crippen molar-refractivity contribution in [1.82, 2.24) is 9.38 Å². The second-order valence-electron chi connectivity index (χ2n) is 14.3. The van der Waals surface area contributed by atoms with Gasteiger partial charge in [-0.25, -0.2) is 14.2 Å². The second-order valence-corrected chi connectivity index (χ2v) is 14.3. The van der Waals surface area contributed by atoms with E-state index >= 15 is 0 Å². The number of rotatable bonds is 13. The van der Waals surface area contributed by atoms with Crippen molar-refractivity contribution in [1.29, 1.82) is 0 Å². The fraction of sp³-hybridized carbons (Fsp3) is 0.415. The summed E-state index contributed by atoms with van der Waals surface area (Å²) in [5.74, 6) is 0.609. The Bertz CT molecular complexity index is 1850. The van der Waals surface area contributed by atoms with Crippen molar-refractivity contribution in [2.45, 2.75) is 84.2 Å². The summed E-state index contributed by atoms with van der Waals surface area (Å²) in [5.41, 5.74) is 4.45. The molecule has 2 atom stereocenters. The maximum absolute atomic E-state index is 14.6. The minimum absolute atomic E-state index is 0.119. The van der Waals surface area contributed by atoms with Crippen LogP contribution in [0, 0.1) is 12.7 Å². The summed E-state index contributed by atoms with van der Waals surface area (Å²) >= 11 is 0. The van der Waals surface area contributed by atoms with Crippen LogP contribution < -0.4 is 9.64 Å². The van der Waals surface area contributed by atoms with E-state index in [0.29, 0.717) is 37.4 Å². The first kappa shape index (κ1) is 36.8. The number of methoxy groups -OCH3 is 1. The number of hydrogen-bond donors (Lipinski definition) is 0. The Kier molecular flexibility index (Phi) is 11.2. The summed E-state index contributed by atoms with van der Waals surface area (Å²) in [6, 6.07) is 14.4. The SMILES string of the molecule is C=CCOC1(C)CCN(c2c(C(OC(C)(C)C)C(=O)OC)c(C)cc3nc(-c4cccc(-c5cc(F)ccc5O[C@@H](C)CC=C)c4)cn23)CC1.